The molecule has 0 saturated heterocycles. The van der Waals surface area contributed by atoms with Gasteiger partial charge in [-0.25, -0.2) is 0 Å². The Morgan fingerprint density at radius 2 is 1.88 bits per heavy atom. The van der Waals surface area contributed by atoms with Crippen molar-refractivity contribution in [3.63, 3.8) is 0 Å². The second-order valence-electron chi connectivity index (χ2n) is 3.23. The maximum Gasteiger partial charge on any atom is 0.463 e. The number of carbonyl (C=O) groups excluding carboxylic acids is 1. The van der Waals surface area contributed by atoms with Crippen LogP contribution in [0.4, 0.5) is 22.0 Å². The molecule has 0 aliphatic heterocycles. The summed E-state index contributed by atoms with van der Waals surface area (Å²) in [7, 11) is 1.28. The molecule has 0 saturated carbocycles. The van der Waals surface area contributed by atoms with Crippen molar-refractivity contribution in [1.29, 1.82) is 0 Å². The molecule has 102 valence electrons. The van der Waals surface area contributed by atoms with Gasteiger partial charge in [-0.15, -0.1) is 0 Å². The van der Waals surface area contributed by atoms with Crippen LogP contribution in [0.25, 0.3) is 0 Å². The number of halogens is 5. The molecule has 2 N–H and O–H groups in total. The standard InChI is InChI=1S/C8H12F5NO3/c1-17-4-5(15)2-3-14-6(16)7(9,10)8(11,12)13/h5,15H,2-4H2,1H3,(H,14,16). The van der Waals surface area contributed by atoms with Gasteiger partial charge in [0.15, 0.2) is 0 Å². The van der Waals surface area contributed by atoms with Crippen molar-refractivity contribution in [3.8, 4) is 0 Å². The second-order valence-corrected chi connectivity index (χ2v) is 3.23. The summed E-state index contributed by atoms with van der Waals surface area (Å²) in [5.74, 6) is -7.87. The minimum Gasteiger partial charge on any atom is -0.391 e. The highest BCUT2D eigenvalue weighted by molar-refractivity contribution is 5.84. The lowest BCUT2D eigenvalue weighted by Crippen LogP contribution is -2.50. The van der Waals surface area contributed by atoms with Crippen LogP contribution in [0.5, 0.6) is 0 Å². The molecule has 1 amide bonds. The van der Waals surface area contributed by atoms with Crippen LogP contribution in [0.15, 0.2) is 0 Å². The lowest BCUT2D eigenvalue weighted by atomic mass is 10.2. The summed E-state index contributed by atoms with van der Waals surface area (Å²) in [5.41, 5.74) is 0. The molecule has 0 aromatic carbocycles. The summed E-state index contributed by atoms with van der Waals surface area (Å²) < 4.78 is 64.4. The van der Waals surface area contributed by atoms with E-state index in [0.29, 0.717) is 0 Å². The van der Waals surface area contributed by atoms with Gasteiger partial charge in [-0.1, -0.05) is 0 Å². The molecule has 0 rings (SSSR count). The maximum atomic E-state index is 12.4. The van der Waals surface area contributed by atoms with E-state index in [1.807, 2.05) is 0 Å². The molecule has 9 heteroatoms. The van der Waals surface area contributed by atoms with E-state index in [1.54, 1.807) is 0 Å². The topological polar surface area (TPSA) is 58.6 Å². The smallest absolute Gasteiger partial charge is 0.391 e. The molecule has 0 aliphatic rings. The predicted octanol–water partition coefficient (Wildman–Crippen LogP) is 0.698. The normalized spacial score (nSPS) is 14.5. The third kappa shape index (κ3) is 4.82. The fraction of sp³-hybridized carbons (Fsp3) is 0.875. The molecule has 4 nitrogen and oxygen atoms in total. The zero-order valence-corrected chi connectivity index (χ0v) is 8.85. The van der Waals surface area contributed by atoms with E-state index < -0.39 is 30.7 Å². The average Bonchev–Trinajstić information content (AvgIpc) is 2.16. The number of carbonyl (C=O) groups is 1. The van der Waals surface area contributed by atoms with E-state index in [0.717, 1.165) is 0 Å². The summed E-state index contributed by atoms with van der Waals surface area (Å²) in [4.78, 5) is 10.6. The zero-order chi connectivity index (χ0) is 13.7. The molecule has 1 atom stereocenters. The van der Waals surface area contributed by atoms with Gasteiger partial charge in [0, 0.05) is 13.7 Å². The number of amides is 1. The quantitative estimate of drug-likeness (QED) is 0.695. The molecule has 0 bridgehead atoms. The van der Waals surface area contributed by atoms with E-state index in [2.05, 4.69) is 4.74 Å². The van der Waals surface area contributed by atoms with E-state index in [4.69, 9.17) is 5.11 Å². The van der Waals surface area contributed by atoms with Gasteiger partial charge in [0.05, 0.1) is 12.7 Å². The molecular weight excluding hydrogens is 253 g/mol. The summed E-state index contributed by atoms with van der Waals surface area (Å²) >= 11 is 0. The number of aliphatic hydroxyl groups is 1. The van der Waals surface area contributed by atoms with Crippen molar-refractivity contribution in [3.05, 3.63) is 0 Å². The number of aliphatic hydroxyl groups excluding tert-OH is 1. The van der Waals surface area contributed by atoms with Crippen molar-refractivity contribution in [2.45, 2.75) is 24.6 Å². The van der Waals surface area contributed by atoms with Crippen LogP contribution in [-0.4, -0.2) is 49.5 Å². The van der Waals surface area contributed by atoms with Gasteiger partial charge in [0.25, 0.3) is 5.91 Å². The maximum absolute atomic E-state index is 12.4. The first-order valence-corrected chi connectivity index (χ1v) is 4.52. The van der Waals surface area contributed by atoms with E-state index in [-0.39, 0.29) is 13.0 Å². The number of hydrogen-bond donors (Lipinski definition) is 2. The number of hydrogen-bond acceptors (Lipinski definition) is 3. The highest BCUT2D eigenvalue weighted by Gasteiger charge is 2.63. The second kappa shape index (κ2) is 6.10. The number of nitrogens with one attached hydrogen (secondary N) is 1. The number of alkyl halides is 5. The summed E-state index contributed by atoms with van der Waals surface area (Å²) in [6, 6.07) is 0. The third-order valence-corrected chi connectivity index (χ3v) is 1.76. The molecule has 0 aromatic heterocycles. The Bertz CT molecular complexity index is 256. The van der Waals surface area contributed by atoms with Crippen LogP contribution >= 0.6 is 0 Å². The third-order valence-electron chi connectivity index (χ3n) is 1.76. The predicted molar refractivity (Wildman–Crippen MR) is 46.5 cm³/mol. The van der Waals surface area contributed by atoms with Gasteiger partial charge in [-0.3, -0.25) is 4.79 Å². The van der Waals surface area contributed by atoms with Crippen LogP contribution in [0.3, 0.4) is 0 Å². The Morgan fingerprint density at radius 1 is 1.35 bits per heavy atom. The van der Waals surface area contributed by atoms with Gasteiger partial charge in [-0.2, -0.15) is 22.0 Å². The average molecular weight is 265 g/mol. The van der Waals surface area contributed by atoms with Crippen molar-refractivity contribution in [2.75, 3.05) is 20.3 Å². The summed E-state index contributed by atoms with van der Waals surface area (Å²) in [6.45, 7) is -0.611. The molecule has 0 heterocycles. The molecule has 1 unspecified atom stereocenters. The number of rotatable bonds is 6. The lowest BCUT2D eigenvalue weighted by Gasteiger charge is -2.19. The minimum absolute atomic E-state index is 0.106. The lowest BCUT2D eigenvalue weighted by molar-refractivity contribution is -0.269. The van der Waals surface area contributed by atoms with Gasteiger partial charge in [0.2, 0.25) is 0 Å². The van der Waals surface area contributed by atoms with Crippen molar-refractivity contribution in [2.24, 2.45) is 0 Å². The summed E-state index contributed by atoms with van der Waals surface area (Å²) in [5, 5.41) is 10.4. The molecule has 0 aromatic rings. The Hall–Kier alpha value is -0.960. The molecule has 0 radical (unpaired) electrons. The van der Waals surface area contributed by atoms with Gasteiger partial charge < -0.3 is 15.2 Å². The van der Waals surface area contributed by atoms with Gasteiger partial charge in [-0.05, 0) is 6.42 Å². The Morgan fingerprint density at radius 3 is 2.29 bits per heavy atom. The number of methoxy groups -OCH3 is 1. The first-order chi connectivity index (χ1) is 7.63. The van der Waals surface area contributed by atoms with Crippen LogP contribution in [0.2, 0.25) is 0 Å². The molecule has 17 heavy (non-hydrogen) atoms. The fourth-order valence-corrected chi connectivity index (χ4v) is 0.868. The van der Waals surface area contributed by atoms with E-state index in [9.17, 15) is 26.7 Å². The van der Waals surface area contributed by atoms with Crippen LogP contribution in [0, 0.1) is 0 Å². The SMILES string of the molecule is COCC(O)CCNC(=O)C(F)(F)C(F)(F)F. The Balaban J connectivity index is 4.11. The van der Waals surface area contributed by atoms with Crippen LogP contribution < -0.4 is 5.32 Å². The Labute approximate surface area is 93.7 Å². The largest absolute Gasteiger partial charge is 0.463 e. The first-order valence-electron chi connectivity index (χ1n) is 4.52. The molecule has 0 fully saturated rings. The van der Waals surface area contributed by atoms with E-state index >= 15 is 0 Å². The highest BCUT2D eigenvalue weighted by atomic mass is 19.4. The molecular formula is C8H12F5NO3. The van der Waals surface area contributed by atoms with Crippen molar-refractivity contribution < 1.29 is 36.6 Å². The first kappa shape index (κ1) is 16.0. The van der Waals surface area contributed by atoms with Crippen molar-refractivity contribution >= 4 is 5.91 Å². The number of ether oxygens (including phenoxy) is 1. The van der Waals surface area contributed by atoms with Gasteiger partial charge in [0.1, 0.15) is 0 Å². The molecule has 0 aliphatic carbocycles. The van der Waals surface area contributed by atoms with Crippen LogP contribution in [-0.2, 0) is 9.53 Å². The van der Waals surface area contributed by atoms with Crippen molar-refractivity contribution in [1.82, 2.24) is 5.32 Å². The van der Waals surface area contributed by atoms with E-state index in [1.165, 1.54) is 12.4 Å². The van der Waals surface area contributed by atoms with Crippen LogP contribution in [0.1, 0.15) is 6.42 Å². The monoisotopic (exact) mass is 265 g/mol. The Kier molecular flexibility index (Phi) is 5.76. The zero-order valence-electron chi connectivity index (χ0n) is 8.85. The highest BCUT2D eigenvalue weighted by Crippen LogP contribution is 2.35. The van der Waals surface area contributed by atoms with Gasteiger partial charge >= 0.3 is 12.1 Å². The fourth-order valence-electron chi connectivity index (χ4n) is 0.868. The minimum atomic E-state index is -5.93. The summed E-state index contributed by atoms with van der Waals surface area (Å²) in [6.07, 6.45) is -7.16. The molecule has 0 spiro atoms.